The Labute approximate surface area is 155 Å². The fraction of sp³-hybridized carbons (Fsp3) is 0.381. The molecule has 5 nitrogen and oxygen atoms in total. The summed E-state index contributed by atoms with van der Waals surface area (Å²) in [7, 11) is 0. The van der Waals surface area contributed by atoms with Gasteiger partial charge in [-0.25, -0.2) is 0 Å². The highest BCUT2D eigenvalue weighted by molar-refractivity contribution is 5.95. The molecule has 1 atom stereocenters. The molecule has 1 unspecified atom stereocenters. The zero-order valence-electron chi connectivity index (χ0n) is 15.3. The summed E-state index contributed by atoms with van der Waals surface area (Å²) in [5, 5.41) is 12.2. The summed E-state index contributed by atoms with van der Waals surface area (Å²) in [5.41, 5.74) is 3.00. The molecule has 1 aliphatic rings. The van der Waals surface area contributed by atoms with E-state index in [4.69, 9.17) is 5.11 Å². The molecule has 138 valence electrons. The van der Waals surface area contributed by atoms with Crippen LogP contribution in [0.3, 0.4) is 0 Å². The van der Waals surface area contributed by atoms with Gasteiger partial charge in [0.25, 0.3) is 0 Å². The molecule has 2 aromatic rings. The molecule has 0 aromatic heterocycles. The molecule has 5 heteroatoms. The number of amides is 1. The Hall–Kier alpha value is -2.21. The normalized spacial score (nSPS) is 17.0. The van der Waals surface area contributed by atoms with Crippen molar-refractivity contribution in [3.05, 3.63) is 65.7 Å². The van der Waals surface area contributed by atoms with E-state index < -0.39 is 0 Å². The van der Waals surface area contributed by atoms with Crippen LogP contribution in [0, 0.1) is 6.92 Å². The van der Waals surface area contributed by atoms with E-state index >= 15 is 0 Å². The number of benzene rings is 2. The molecule has 1 heterocycles. The molecule has 0 aliphatic carbocycles. The first kappa shape index (κ1) is 18.6. The van der Waals surface area contributed by atoms with E-state index in [0.29, 0.717) is 6.54 Å². The first-order valence-electron chi connectivity index (χ1n) is 9.17. The van der Waals surface area contributed by atoms with Crippen LogP contribution in [-0.4, -0.2) is 60.1 Å². The van der Waals surface area contributed by atoms with Gasteiger partial charge in [0.05, 0.1) is 6.61 Å². The molecular formula is C21H27N3O2. The first-order valence-corrected chi connectivity index (χ1v) is 9.17. The highest BCUT2D eigenvalue weighted by Gasteiger charge is 2.30. The monoisotopic (exact) mass is 353 g/mol. The fourth-order valence-electron chi connectivity index (χ4n) is 3.40. The van der Waals surface area contributed by atoms with Crippen molar-refractivity contribution < 1.29 is 9.90 Å². The minimum absolute atomic E-state index is 0.00402. The molecule has 0 bridgehead atoms. The molecule has 0 saturated carbocycles. The average molecular weight is 353 g/mol. The third-order valence-electron chi connectivity index (χ3n) is 4.87. The van der Waals surface area contributed by atoms with Gasteiger partial charge < -0.3 is 10.4 Å². The second-order valence-electron chi connectivity index (χ2n) is 6.77. The van der Waals surface area contributed by atoms with Crippen LogP contribution in [0.4, 0.5) is 5.69 Å². The number of nitrogens with one attached hydrogen (secondary N) is 1. The lowest BCUT2D eigenvalue weighted by atomic mass is 10.0. The maximum absolute atomic E-state index is 13.1. The highest BCUT2D eigenvalue weighted by Crippen LogP contribution is 2.24. The van der Waals surface area contributed by atoms with Gasteiger partial charge in [0.15, 0.2) is 0 Å². The minimum Gasteiger partial charge on any atom is -0.395 e. The number of aliphatic hydroxyl groups is 1. The topological polar surface area (TPSA) is 55.8 Å². The van der Waals surface area contributed by atoms with Gasteiger partial charge in [-0.05, 0) is 24.6 Å². The van der Waals surface area contributed by atoms with Crippen LogP contribution in [-0.2, 0) is 4.79 Å². The van der Waals surface area contributed by atoms with E-state index in [-0.39, 0.29) is 18.6 Å². The van der Waals surface area contributed by atoms with Gasteiger partial charge in [-0.3, -0.25) is 14.6 Å². The van der Waals surface area contributed by atoms with Crippen LogP contribution < -0.4 is 5.32 Å². The highest BCUT2D eigenvalue weighted by atomic mass is 16.3. The summed E-state index contributed by atoms with van der Waals surface area (Å²) >= 11 is 0. The van der Waals surface area contributed by atoms with E-state index in [0.717, 1.165) is 37.4 Å². The number of rotatable bonds is 6. The van der Waals surface area contributed by atoms with E-state index in [2.05, 4.69) is 15.1 Å². The molecule has 0 radical (unpaired) electrons. The van der Waals surface area contributed by atoms with Gasteiger partial charge in [-0.1, -0.05) is 48.0 Å². The van der Waals surface area contributed by atoms with E-state index in [9.17, 15) is 4.79 Å². The number of carbonyl (C=O) groups is 1. The Balaban J connectivity index is 1.75. The van der Waals surface area contributed by atoms with Crippen molar-refractivity contribution >= 4 is 11.6 Å². The van der Waals surface area contributed by atoms with Crippen molar-refractivity contribution in [1.29, 1.82) is 0 Å². The standard InChI is InChI=1S/C21H27N3O2/c1-17-7-9-19(10-8-17)22-21(26)20(18-5-3-2-4-6-18)24-13-11-23(12-14-24)15-16-25/h2-10,20,25H,11-16H2,1H3,(H,22,26). The van der Waals surface area contributed by atoms with Gasteiger partial charge in [-0.2, -0.15) is 0 Å². The van der Waals surface area contributed by atoms with Crippen LogP contribution in [0.25, 0.3) is 0 Å². The zero-order valence-corrected chi connectivity index (χ0v) is 15.3. The van der Waals surface area contributed by atoms with E-state index in [1.54, 1.807) is 0 Å². The molecule has 2 aromatic carbocycles. The van der Waals surface area contributed by atoms with Gasteiger partial charge in [0.2, 0.25) is 5.91 Å². The molecule has 26 heavy (non-hydrogen) atoms. The van der Waals surface area contributed by atoms with Gasteiger partial charge in [0, 0.05) is 38.4 Å². The lowest BCUT2D eigenvalue weighted by Crippen LogP contribution is -2.50. The van der Waals surface area contributed by atoms with Crippen molar-refractivity contribution in [1.82, 2.24) is 9.80 Å². The van der Waals surface area contributed by atoms with Crippen molar-refractivity contribution in [3.8, 4) is 0 Å². The average Bonchev–Trinajstić information content (AvgIpc) is 2.66. The summed E-state index contributed by atoms with van der Waals surface area (Å²) in [6.45, 7) is 6.24. The third-order valence-corrected chi connectivity index (χ3v) is 4.87. The molecule has 1 fully saturated rings. The first-order chi connectivity index (χ1) is 12.7. The maximum Gasteiger partial charge on any atom is 0.246 e. The Bertz CT molecular complexity index is 695. The second-order valence-corrected chi connectivity index (χ2v) is 6.77. The summed E-state index contributed by atoms with van der Waals surface area (Å²) < 4.78 is 0. The molecule has 3 rings (SSSR count). The summed E-state index contributed by atoms with van der Waals surface area (Å²) in [6.07, 6.45) is 0. The number of hydrogen-bond acceptors (Lipinski definition) is 4. The fourth-order valence-corrected chi connectivity index (χ4v) is 3.40. The number of aryl methyl sites for hydroxylation is 1. The summed E-state index contributed by atoms with van der Waals surface area (Å²) in [4.78, 5) is 17.6. The zero-order chi connectivity index (χ0) is 18.4. The smallest absolute Gasteiger partial charge is 0.246 e. The van der Waals surface area contributed by atoms with Crippen LogP contribution in [0.1, 0.15) is 17.2 Å². The Morgan fingerprint density at radius 3 is 2.31 bits per heavy atom. The largest absolute Gasteiger partial charge is 0.395 e. The lowest BCUT2D eigenvalue weighted by Gasteiger charge is -2.38. The van der Waals surface area contributed by atoms with Crippen molar-refractivity contribution in [2.24, 2.45) is 0 Å². The Morgan fingerprint density at radius 2 is 1.69 bits per heavy atom. The molecule has 0 spiro atoms. The van der Waals surface area contributed by atoms with Crippen LogP contribution >= 0.6 is 0 Å². The van der Waals surface area contributed by atoms with Gasteiger partial charge in [-0.15, -0.1) is 0 Å². The van der Waals surface area contributed by atoms with Crippen LogP contribution in [0.15, 0.2) is 54.6 Å². The van der Waals surface area contributed by atoms with E-state index in [1.807, 2.05) is 61.5 Å². The van der Waals surface area contributed by atoms with Crippen molar-refractivity contribution in [3.63, 3.8) is 0 Å². The Kier molecular flexibility index (Phi) is 6.39. The summed E-state index contributed by atoms with van der Waals surface area (Å²) in [6, 6.07) is 17.5. The predicted octanol–water partition coefficient (Wildman–Crippen LogP) is 2.28. The quantitative estimate of drug-likeness (QED) is 0.837. The number of anilines is 1. The van der Waals surface area contributed by atoms with Crippen molar-refractivity contribution in [2.75, 3.05) is 44.6 Å². The molecule has 2 N–H and O–H groups in total. The van der Waals surface area contributed by atoms with E-state index in [1.165, 1.54) is 5.56 Å². The molecule has 1 aliphatic heterocycles. The molecule has 1 saturated heterocycles. The van der Waals surface area contributed by atoms with Gasteiger partial charge >= 0.3 is 0 Å². The predicted molar refractivity (Wildman–Crippen MR) is 104 cm³/mol. The van der Waals surface area contributed by atoms with Crippen LogP contribution in [0.5, 0.6) is 0 Å². The van der Waals surface area contributed by atoms with Crippen LogP contribution in [0.2, 0.25) is 0 Å². The minimum atomic E-state index is -0.311. The summed E-state index contributed by atoms with van der Waals surface area (Å²) in [5.74, 6) is -0.00402. The third kappa shape index (κ3) is 4.69. The van der Waals surface area contributed by atoms with Gasteiger partial charge in [0.1, 0.15) is 6.04 Å². The number of hydrogen-bond donors (Lipinski definition) is 2. The number of aliphatic hydroxyl groups excluding tert-OH is 1. The SMILES string of the molecule is Cc1ccc(NC(=O)C(c2ccccc2)N2CCN(CCO)CC2)cc1. The second kappa shape index (κ2) is 8.94. The molecule has 1 amide bonds. The number of piperazine rings is 1. The Morgan fingerprint density at radius 1 is 1.04 bits per heavy atom. The number of nitrogens with zero attached hydrogens (tertiary/aromatic N) is 2. The van der Waals surface area contributed by atoms with Crippen molar-refractivity contribution in [2.45, 2.75) is 13.0 Å². The maximum atomic E-state index is 13.1. The molecular weight excluding hydrogens is 326 g/mol. The number of carbonyl (C=O) groups excluding carboxylic acids is 1. The number of β-amino-alcohol motifs (C(OH)–C–C–N with tert-alkyl or cyclic N) is 1. The lowest BCUT2D eigenvalue weighted by molar-refractivity contribution is -0.122.